The lowest BCUT2D eigenvalue weighted by molar-refractivity contribution is -0.135. The Morgan fingerprint density at radius 3 is 2.55 bits per heavy atom. The molecule has 0 bridgehead atoms. The zero-order valence-corrected chi connectivity index (χ0v) is 19.9. The van der Waals surface area contributed by atoms with Gasteiger partial charge < -0.3 is 9.64 Å². The standard InChI is InChI=1S/C22H26Cl2N2O4S/c1-25(13-16-5-9-20(30-2)10-6-16)22(27)17-4-3-11-26(14-17)31(28,29)15-18-7-8-19(23)12-21(18)24/h5-10,12,17H,3-4,11,13-15H2,1-2H3. The van der Waals surface area contributed by atoms with Crippen LogP contribution in [-0.4, -0.2) is 50.8 Å². The fourth-order valence-electron chi connectivity index (χ4n) is 3.72. The molecule has 1 saturated heterocycles. The number of ether oxygens (including phenoxy) is 1. The van der Waals surface area contributed by atoms with Crippen LogP contribution in [0.25, 0.3) is 0 Å². The van der Waals surface area contributed by atoms with Crippen LogP contribution in [0.3, 0.4) is 0 Å². The van der Waals surface area contributed by atoms with Crippen molar-refractivity contribution in [3.63, 3.8) is 0 Å². The van der Waals surface area contributed by atoms with Gasteiger partial charge in [-0.3, -0.25) is 4.79 Å². The Balaban J connectivity index is 1.64. The van der Waals surface area contributed by atoms with Gasteiger partial charge in [-0.05, 0) is 48.2 Å². The summed E-state index contributed by atoms with van der Waals surface area (Å²) in [5.41, 5.74) is 1.48. The molecule has 0 saturated carbocycles. The number of methoxy groups -OCH3 is 1. The van der Waals surface area contributed by atoms with Gasteiger partial charge in [-0.2, -0.15) is 0 Å². The van der Waals surface area contributed by atoms with E-state index in [1.165, 1.54) is 10.4 Å². The highest BCUT2D eigenvalue weighted by atomic mass is 35.5. The van der Waals surface area contributed by atoms with Gasteiger partial charge in [-0.1, -0.05) is 41.4 Å². The van der Waals surface area contributed by atoms with Crippen molar-refractivity contribution in [2.45, 2.75) is 25.1 Å². The van der Waals surface area contributed by atoms with Crippen LogP contribution in [0.4, 0.5) is 0 Å². The van der Waals surface area contributed by atoms with Crippen molar-refractivity contribution < 1.29 is 17.9 Å². The van der Waals surface area contributed by atoms with E-state index in [0.29, 0.717) is 41.5 Å². The molecule has 1 fully saturated rings. The summed E-state index contributed by atoms with van der Waals surface area (Å²) in [5, 5.41) is 0.773. The van der Waals surface area contributed by atoms with Gasteiger partial charge in [0, 0.05) is 36.7 Å². The molecule has 0 spiro atoms. The molecule has 6 nitrogen and oxygen atoms in total. The van der Waals surface area contributed by atoms with Crippen molar-refractivity contribution in [3.8, 4) is 5.75 Å². The predicted molar refractivity (Wildman–Crippen MR) is 123 cm³/mol. The number of carbonyl (C=O) groups excluding carboxylic acids is 1. The second kappa shape index (κ2) is 10.2. The molecule has 9 heteroatoms. The van der Waals surface area contributed by atoms with E-state index in [-0.39, 0.29) is 24.1 Å². The van der Waals surface area contributed by atoms with E-state index >= 15 is 0 Å². The van der Waals surface area contributed by atoms with E-state index in [4.69, 9.17) is 27.9 Å². The van der Waals surface area contributed by atoms with Gasteiger partial charge in [-0.25, -0.2) is 12.7 Å². The molecule has 2 aromatic rings. The third-order valence-electron chi connectivity index (χ3n) is 5.43. The predicted octanol–water partition coefficient (Wildman–Crippen LogP) is 4.20. The van der Waals surface area contributed by atoms with Crippen LogP contribution in [0.1, 0.15) is 24.0 Å². The van der Waals surface area contributed by atoms with E-state index < -0.39 is 10.0 Å². The van der Waals surface area contributed by atoms with Crippen LogP contribution >= 0.6 is 23.2 Å². The number of hydrogen-bond donors (Lipinski definition) is 0. The smallest absolute Gasteiger partial charge is 0.227 e. The minimum Gasteiger partial charge on any atom is -0.497 e. The second-order valence-corrected chi connectivity index (χ2v) is 10.5. The fraction of sp³-hybridized carbons (Fsp3) is 0.409. The van der Waals surface area contributed by atoms with Crippen molar-refractivity contribution in [2.24, 2.45) is 5.92 Å². The number of carbonyl (C=O) groups is 1. The van der Waals surface area contributed by atoms with Crippen LogP contribution in [0.5, 0.6) is 5.75 Å². The first-order valence-electron chi connectivity index (χ1n) is 9.99. The van der Waals surface area contributed by atoms with Gasteiger partial charge >= 0.3 is 0 Å². The largest absolute Gasteiger partial charge is 0.497 e. The summed E-state index contributed by atoms with van der Waals surface area (Å²) in [7, 11) is -0.260. The average molecular weight is 485 g/mol. The molecule has 0 aromatic heterocycles. The second-order valence-electron chi connectivity index (χ2n) is 7.73. The van der Waals surface area contributed by atoms with E-state index in [1.54, 1.807) is 31.2 Å². The minimum atomic E-state index is -3.61. The first kappa shape index (κ1) is 23.9. The quantitative estimate of drug-likeness (QED) is 0.590. The summed E-state index contributed by atoms with van der Waals surface area (Å²) >= 11 is 12.1. The topological polar surface area (TPSA) is 66.9 Å². The first-order valence-corrected chi connectivity index (χ1v) is 12.4. The summed E-state index contributed by atoms with van der Waals surface area (Å²) in [4.78, 5) is 14.6. The lowest BCUT2D eigenvalue weighted by Crippen LogP contribution is -2.46. The number of nitrogens with zero attached hydrogens (tertiary/aromatic N) is 2. The third-order valence-corrected chi connectivity index (χ3v) is 7.82. The zero-order chi connectivity index (χ0) is 22.6. The molecule has 1 heterocycles. The molecule has 2 aromatic carbocycles. The van der Waals surface area contributed by atoms with Gasteiger partial charge in [0.2, 0.25) is 15.9 Å². The fourth-order valence-corrected chi connectivity index (χ4v) is 5.91. The SMILES string of the molecule is COc1ccc(CN(C)C(=O)C2CCCN(S(=O)(=O)Cc3ccc(Cl)cc3Cl)C2)cc1. The van der Waals surface area contributed by atoms with Gasteiger partial charge in [0.15, 0.2) is 0 Å². The van der Waals surface area contributed by atoms with Gasteiger partial charge in [0.05, 0.1) is 18.8 Å². The number of piperidine rings is 1. The summed E-state index contributed by atoms with van der Waals surface area (Å²) in [6, 6.07) is 12.3. The number of rotatable bonds is 7. The normalized spacial score (nSPS) is 17.4. The van der Waals surface area contributed by atoms with Crippen LogP contribution < -0.4 is 4.74 Å². The van der Waals surface area contributed by atoms with Crippen molar-refractivity contribution in [1.29, 1.82) is 0 Å². The summed E-state index contributed by atoms with van der Waals surface area (Å²) in [6.45, 7) is 1.03. The van der Waals surface area contributed by atoms with E-state index in [1.807, 2.05) is 24.3 Å². The van der Waals surface area contributed by atoms with Crippen LogP contribution in [0.2, 0.25) is 10.0 Å². The van der Waals surface area contributed by atoms with Crippen LogP contribution in [0.15, 0.2) is 42.5 Å². The number of hydrogen-bond acceptors (Lipinski definition) is 4. The molecule has 0 N–H and O–H groups in total. The van der Waals surface area contributed by atoms with E-state index in [0.717, 1.165) is 11.3 Å². The van der Waals surface area contributed by atoms with Gasteiger partial charge in [0.1, 0.15) is 5.75 Å². The number of halogens is 2. The third kappa shape index (κ3) is 6.13. The molecule has 1 unspecified atom stereocenters. The molecule has 1 aliphatic heterocycles. The van der Waals surface area contributed by atoms with Gasteiger partial charge in [-0.15, -0.1) is 0 Å². The lowest BCUT2D eigenvalue weighted by Gasteiger charge is -2.33. The number of benzene rings is 2. The Morgan fingerprint density at radius 2 is 1.90 bits per heavy atom. The monoisotopic (exact) mass is 484 g/mol. The van der Waals surface area contributed by atoms with Crippen molar-refractivity contribution in [2.75, 3.05) is 27.2 Å². The summed E-state index contributed by atoms with van der Waals surface area (Å²) in [5.74, 6) is 0.116. The van der Waals surface area contributed by atoms with Crippen molar-refractivity contribution >= 4 is 39.1 Å². The molecule has 1 amide bonds. The molecule has 1 atom stereocenters. The van der Waals surface area contributed by atoms with Crippen LogP contribution in [-0.2, 0) is 27.1 Å². The van der Waals surface area contributed by atoms with E-state index in [9.17, 15) is 13.2 Å². The number of amides is 1. The summed E-state index contributed by atoms with van der Waals surface area (Å²) in [6.07, 6.45) is 1.31. The molecule has 168 valence electrons. The molecule has 31 heavy (non-hydrogen) atoms. The Bertz CT molecular complexity index is 1030. The maximum absolute atomic E-state index is 13.0. The lowest BCUT2D eigenvalue weighted by atomic mass is 9.98. The Hall–Kier alpha value is -1.80. The number of sulfonamides is 1. The van der Waals surface area contributed by atoms with Gasteiger partial charge in [0.25, 0.3) is 0 Å². The minimum absolute atomic E-state index is 0.0553. The highest BCUT2D eigenvalue weighted by Crippen LogP contribution is 2.27. The Kier molecular flexibility index (Phi) is 7.86. The van der Waals surface area contributed by atoms with Crippen molar-refractivity contribution in [3.05, 3.63) is 63.6 Å². The Morgan fingerprint density at radius 1 is 1.19 bits per heavy atom. The first-order chi connectivity index (χ1) is 14.7. The molecular formula is C22H26Cl2N2O4S. The summed E-state index contributed by atoms with van der Waals surface area (Å²) < 4.78 is 32.5. The molecule has 3 rings (SSSR count). The maximum Gasteiger partial charge on any atom is 0.227 e. The molecule has 0 aliphatic carbocycles. The molecule has 0 radical (unpaired) electrons. The van der Waals surface area contributed by atoms with Crippen molar-refractivity contribution in [1.82, 2.24) is 9.21 Å². The highest BCUT2D eigenvalue weighted by molar-refractivity contribution is 7.88. The maximum atomic E-state index is 13.0. The Labute approximate surface area is 193 Å². The zero-order valence-electron chi connectivity index (χ0n) is 17.6. The molecular weight excluding hydrogens is 459 g/mol. The molecule has 1 aliphatic rings. The van der Waals surface area contributed by atoms with Crippen LogP contribution in [0, 0.1) is 5.92 Å². The van der Waals surface area contributed by atoms with E-state index in [2.05, 4.69) is 0 Å². The highest BCUT2D eigenvalue weighted by Gasteiger charge is 2.34. The average Bonchev–Trinajstić information content (AvgIpc) is 2.75.